The van der Waals surface area contributed by atoms with Crippen LogP contribution < -0.4 is 5.73 Å². The van der Waals surface area contributed by atoms with Gasteiger partial charge in [0.05, 0.1) is 6.61 Å². The first kappa shape index (κ1) is 11.9. The molecule has 0 aromatic rings. The number of hydrogen-bond donors (Lipinski definition) is 2. The van der Waals surface area contributed by atoms with Gasteiger partial charge in [0.1, 0.15) is 6.04 Å². The molecule has 0 rings (SSSR count). The molecule has 76 valence electrons. The van der Waals surface area contributed by atoms with E-state index in [2.05, 4.69) is 4.74 Å². The first-order valence-electron chi connectivity index (χ1n) is 3.72. The zero-order chi connectivity index (χ0) is 10.4. The molecule has 0 aliphatic heterocycles. The highest BCUT2D eigenvalue weighted by Gasteiger charge is 2.15. The van der Waals surface area contributed by atoms with Gasteiger partial charge < -0.3 is 20.5 Å². The minimum absolute atomic E-state index is 0.335. The Kier molecular flexibility index (Phi) is 5.01. The molecular formula is C7H14N2O4. The van der Waals surface area contributed by atoms with Crippen LogP contribution in [0, 0.1) is 0 Å². The lowest BCUT2D eigenvalue weighted by atomic mass is 10.3. The third-order valence-electron chi connectivity index (χ3n) is 1.34. The van der Waals surface area contributed by atoms with Crippen LogP contribution in [0.5, 0.6) is 0 Å². The van der Waals surface area contributed by atoms with Crippen LogP contribution in [-0.2, 0) is 14.3 Å². The van der Waals surface area contributed by atoms with E-state index in [0.717, 1.165) is 0 Å². The van der Waals surface area contributed by atoms with Crippen LogP contribution >= 0.6 is 0 Å². The summed E-state index contributed by atoms with van der Waals surface area (Å²) >= 11 is 0. The lowest BCUT2D eigenvalue weighted by Gasteiger charge is -2.12. The molecule has 0 radical (unpaired) electrons. The molecule has 6 heteroatoms. The number of hydrogen-bond acceptors (Lipinski definition) is 5. The van der Waals surface area contributed by atoms with Gasteiger partial charge >= 0.3 is 5.97 Å². The van der Waals surface area contributed by atoms with E-state index < -0.39 is 18.6 Å². The first-order chi connectivity index (χ1) is 5.99. The molecule has 0 heterocycles. The Labute approximate surface area is 76.3 Å². The van der Waals surface area contributed by atoms with E-state index in [0.29, 0.717) is 0 Å². The number of carbonyl (C=O) groups is 2. The van der Waals surface area contributed by atoms with Crippen molar-refractivity contribution in [2.24, 2.45) is 5.73 Å². The highest BCUT2D eigenvalue weighted by Crippen LogP contribution is 1.87. The molecule has 0 saturated heterocycles. The second-order valence-corrected chi connectivity index (χ2v) is 2.68. The maximum Gasteiger partial charge on any atom is 0.325 e. The van der Waals surface area contributed by atoms with Crippen molar-refractivity contribution in [2.75, 3.05) is 27.3 Å². The molecule has 0 unspecified atom stereocenters. The number of aliphatic hydroxyl groups excluding tert-OH is 1. The van der Waals surface area contributed by atoms with Crippen LogP contribution in [0.3, 0.4) is 0 Å². The average molecular weight is 190 g/mol. The summed E-state index contributed by atoms with van der Waals surface area (Å²) in [6, 6.07) is -1.07. The Morgan fingerprint density at radius 2 is 2.08 bits per heavy atom. The highest BCUT2D eigenvalue weighted by molar-refractivity contribution is 5.82. The topological polar surface area (TPSA) is 92.9 Å². The Morgan fingerprint density at radius 1 is 1.54 bits per heavy atom. The van der Waals surface area contributed by atoms with Gasteiger partial charge in [-0.2, -0.15) is 0 Å². The number of carbonyl (C=O) groups excluding carboxylic acids is 2. The fraction of sp³-hybridized carbons (Fsp3) is 0.714. The Morgan fingerprint density at radius 3 is 2.46 bits per heavy atom. The van der Waals surface area contributed by atoms with Gasteiger partial charge in [0.15, 0.2) is 6.61 Å². The summed E-state index contributed by atoms with van der Waals surface area (Å²) in [6.07, 6.45) is 0. The lowest BCUT2D eigenvalue weighted by Crippen LogP contribution is -2.38. The van der Waals surface area contributed by atoms with Gasteiger partial charge in [-0.15, -0.1) is 0 Å². The molecule has 13 heavy (non-hydrogen) atoms. The van der Waals surface area contributed by atoms with E-state index in [1.54, 1.807) is 14.1 Å². The first-order valence-corrected chi connectivity index (χ1v) is 3.72. The fourth-order valence-electron chi connectivity index (χ4n) is 0.444. The van der Waals surface area contributed by atoms with E-state index in [1.165, 1.54) is 4.90 Å². The largest absolute Gasteiger partial charge is 0.454 e. The normalized spacial score (nSPS) is 12.0. The SMILES string of the molecule is CN(C)C(=O)COC(=O)[C@@H](N)CO. The molecule has 1 amide bonds. The Hall–Kier alpha value is -1.14. The maximum absolute atomic E-state index is 10.9. The molecule has 0 spiro atoms. The number of amides is 1. The second-order valence-electron chi connectivity index (χ2n) is 2.68. The van der Waals surface area contributed by atoms with Crippen molar-refractivity contribution in [2.45, 2.75) is 6.04 Å². The fourth-order valence-corrected chi connectivity index (χ4v) is 0.444. The third-order valence-corrected chi connectivity index (χ3v) is 1.34. The van der Waals surface area contributed by atoms with E-state index >= 15 is 0 Å². The van der Waals surface area contributed by atoms with Crippen LogP contribution in [0.1, 0.15) is 0 Å². The van der Waals surface area contributed by atoms with Crippen LogP contribution in [0.4, 0.5) is 0 Å². The van der Waals surface area contributed by atoms with E-state index in [-0.39, 0.29) is 12.5 Å². The summed E-state index contributed by atoms with van der Waals surface area (Å²) in [5.74, 6) is -1.11. The average Bonchev–Trinajstić information content (AvgIpc) is 2.11. The van der Waals surface area contributed by atoms with Gasteiger partial charge in [0.2, 0.25) is 0 Å². The van der Waals surface area contributed by atoms with Crippen molar-refractivity contribution in [3.8, 4) is 0 Å². The van der Waals surface area contributed by atoms with Crippen LogP contribution in [0.2, 0.25) is 0 Å². The number of esters is 1. The molecular weight excluding hydrogens is 176 g/mol. The van der Waals surface area contributed by atoms with Gasteiger partial charge in [-0.25, -0.2) is 0 Å². The minimum atomic E-state index is -1.07. The van der Waals surface area contributed by atoms with Crippen molar-refractivity contribution in [1.82, 2.24) is 4.90 Å². The zero-order valence-electron chi connectivity index (χ0n) is 7.69. The highest BCUT2D eigenvalue weighted by atomic mass is 16.5. The maximum atomic E-state index is 10.9. The van der Waals surface area contributed by atoms with Gasteiger partial charge in [-0.3, -0.25) is 9.59 Å². The van der Waals surface area contributed by atoms with Crippen molar-refractivity contribution in [1.29, 1.82) is 0 Å². The lowest BCUT2D eigenvalue weighted by molar-refractivity contribution is -0.152. The number of rotatable bonds is 4. The summed E-state index contributed by atoms with van der Waals surface area (Å²) in [6.45, 7) is -0.839. The summed E-state index contributed by atoms with van der Waals surface area (Å²) in [4.78, 5) is 23.0. The molecule has 6 nitrogen and oxygen atoms in total. The summed E-state index contributed by atoms with van der Waals surface area (Å²) in [7, 11) is 3.09. The van der Waals surface area contributed by atoms with Gasteiger partial charge in [-0.1, -0.05) is 0 Å². The molecule has 0 aliphatic carbocycles. The predicted molar refractivity (Wildman–Crippen MR) is 44.7 cm³/mol. The van der Waals surface area contributed by atoms with Crippen molar-refractivity contribution in [3.63, 3.8) is 0 Å². The number of ether oxygens (including phenoxy) is 1. The summed E-state index contributed by atoms with van der Waals surface area (Å²) in [5, 5.41) is 8.46. The smallest absolute Gasteiger partial charge is 0.325 e. The Bertz CT molecular complexity index is 193. The van der Waals surface area contributed by atoms with Gasteiger partial charge in [0, 0.05) is 14.1 Å². The molecule has 0 aliphatic rings. The summed E-state index contributed by atoms with van der Waals surface area (Å²) in [5.41, 5.74) is 5.13. The second kappa shape index (κ2) is 5.50. The van der Waals surface area contributed by atoms with Crippen molar-refractivity contribution >= 4 is 11.9 Å². The zero-order valence-corrected chi connectivity index (χ0v) is 7.69. The molecule has 0 aromatic carbocycles. The van der Waals surface area contributed by atoms with E-state index in [9.17, 15) is 9.59 Å². The molecule has 3 N–H and O–H groups in total. The van der Waals surface area contributed by atoms with E-state index in [4.69, 9.17) is 10.8 Å². The van der Waals surface area contributed by atoms with Gasteiger partial charge in [-0.05, 0) is 0 Å². The predicted octanol–water partition coefficient (Wildman–Crippen LogP) is -2.06. The molecule has 0 bridgehead atoms. The van der Waals surface area contributed by atoms with Crippen molar-refractivity contribution in [3.05, 3.63) is 0 Å². The molecule has 0 fully saturated rings. The Balaban J connectivity index is 3.77. The number of nitrogens with zero attached hydrogens (tertiary/aromatic N) is 1. The standard InChI is InChI=1S/C7H14N2O4/c1-9(2)6(11)4-13-7(12)5(8)3-10/h5,10H,3-4,8H2,1-2H3/t5-/m0/s1. The van der Waals surface area contributed by atoms with Crippen LogP contribution in [0.15, 0.2) is 0 Å². The molecule has 1 atom stereocenters. The number of likely N-dealkylation sites (N-methyl/N-ethyl adjacent to an activating group) is 1. The monoisotopic (exact) mass is 190 g/mol. The third kappa shape index (κ3) is 4.44. The van der Waals surface area contributed by atoms with Crippen LogP contribution in [-0.4, -0.2) is 55.2 Å². The van der Waals surface area contributed by atoms with Crippen LogP contribution in [0.25, 0.3) is 0 Å². The van der Waals surface area contributed by atoms with Crippen molar-refractivity contribution < 1.29 is 19.4 Å². The minimum Gasteiger partial charge on any atom is -0.454 e. The van der Waals surface area contributed by atoms with Gasteiger partial charge in [0.25, 0.3) is 5.91 Å². The molecule has 0 aromatic heterocycles. The van der Waals surface area contributed by atoms with E-state index in [1.807, 2.05) is 0 Å². The number of aliphatic hydroxyl groups is 1. The quantitative estimate of drug-likeness (QED) is 0.497. The summed E-state index contributed by atoms with van der Waals surface area (Å²) < 4.78 is 4.50. The number of nitrogens with two attached hydrogens (primary N) is 1. The molecule has 0 saturated carbocycles.